The molecule has 0 aliphatic rings. The third kappa shape index (κ3) is 4.58. The molecule has 0 aromatic heterocycles. The number of aromatic carboxylic acids is 1. The van der Waals surface area contributed by atoms with Crippen molar-refractivity contribution in [2.24, 2.45) is 0 Å². The number of amides is 1. The summed E-state index contributed by atoms with van der Waals surface area (Å²) in [5.41, 5.74) is 0.618. The highest BCUT2D eigenvalue weighted by Gasteiger charge is 2.07. The van der Waals surface area contributed by atoms with Crippen LogP contribution in [0.1, 0.15) is 35.7 Å². The molecule has 1 rings (SSSR count). The Hall–Kier alpha value is -2.61. The molecule has 0 aliphatic heterocycles. The van der Waals surface area contributed by atoms with Gasteiger partial charge in [0.1, 0.15) is 11.6 Å². The lowest BCUT2D eigenvalue weighted by Crippen LogP contribution is -2.25. The number of unbranched alkanes of at least 4 members (excludes halogenated alkanes) is 1. The second kappa shape index (κ2) is 7.74. The summed E-state index contributed by atoms with van der Waals surface area (Å²) in [7, 11) is 0. The SMILES string of the molecule is CCCCNC(=O)/C(C#N)=C/c1ccc(C(=O)[O-])cc1. The van der Waals surface area contributed by atoms with E-state index in [1.54, 1.807) is 0 Å². The number of carbonyl (C=O) groups is 2. The second-order valence-electron chi connectivity index (χ2n) is 4.19. The molecule has 20 heavy (non-hydrogen) atoms. The van der Waals surface area contributed by atoms with Crippen LogP contribution < -0.4 is 10.4 Å². The molecule has 1 N–H and O–H groups in total. The van der Waals surface area contributed by atoms with Crippen LogP contribution in [0.15, 0.2) is 29.8 Å². The molecule has 0 bridgehead atoms. The number of carboxylic acids is 1. The normalized spacial score (nSPS) is 10.7. The molecule has 1 aromatic carbocycles. The van der Waals surface area contributed by atoms with E-state index in [0.717, 1.165) is 12.8 Å². The summed E-state index contributed by atoms with van der Waals surface area (Å²) in [4.78, 5) is 22.3. The topological polar surface area (TPSA) is 93.0 Å². The van der Waals surface area contributed by atoms with Crippen molar-refractivity contribution in [3.05, 3.63) is 41.0 Å². The summed E-state index contributed by atoms with van der Waals surface area (Å²) in [5, 5.41) is 22.2. The first-order valence-electron chi connectivity index (χ1n) is 6.30. The number of carbonyl (C=O) groups excluding carboxylic acids is 2. The minimum absolute atomic E-state index is 0.0118. The van der Waals surface area contributed by atoms with Crippen LogP contribution in [0.2, 0.25) is 0 Å². The minimum atomic E-state index is -1.27. The molecule has 0 heterocycles. The van der Waals surface area contributed by atoms with Crippen LogP contribution >= 0.6 is 0 Å². The average Bonchev–Trinajstić information content (AvgIpc) is 2.45. The van der Waals surface area contributed by atoms with Crippen LogP contribution in [-0.4, -0.2) is 18.4 Å². The zero-order valence-electron chi connectivity index (χ0n) is 11.2. The van der Waals surface area contributed by atoms with Crippen LogP contribution in [0, 0.1) is 11.3 Å². The Morgan fingerprint density at radius 2 is 2.00 bits per heavy atom. The van der Waals surface area contributed by atoms with E-state index in [4.69, 9.17) is 5.26 Å². The Kier molecular flexibility index (Phi) is 5.98. The molecular weight excluding hydrogens is 256 g/mol. The van der Waals surface area contributed by atoms with Crippen LogP contribution in [-0.2, 0) is 4.79 Å². The van der Waals surface area contributed by atoms with Gasteiger partial charge in [0.05, 0.1) is 5.97 Å². The van der Waals surface area contributed by atoms with Crippen LogP contribution in [0.4, 0.5) is 0 Å². The summed E-state index contributed by atoms with van der Waals surface area (Å²) < 4.78 is 0. The van der Waals surface area contributed by atoms with Crippen LogP contribution in [0.5, 0.6) is 0 Å². The van der Waals surface area contributed by atoms with Gasteiger partial charge in [-0.3, -0.25) is 4.79 Å². The lowest BCUT2D eigenvalue weighted by molar-refractivity contribution is -0.255. The molecule has 1 amide bonds. The first-order valence-corrected chi connectivity index (χ1v) is 6.30. The number of nitrogens with one attached hydrogen (secondary N) is 1. The second-order valence-corrected chi connectivity index (χ2v) is 4.19. The van der Waals surface area contributed by atoms with Crippen LogP contribution in [0.25, 0.3) is 6.08 Å². The predicted octanol–water partition coefficient (Wildman–Crippen LogP) is 0.873. The summed E-state index contributed by atoms with van der Waals surface area (Å²) in [6.07, 6.45) is 3.22. The van der Waals surface area contributed by atoms with Gasteiger partial charge in [-0.15, -0.1) is 0 Å². The fraction of sp³-hybridized carbons (Fsp3) is 0.267. The maximum atomic E-state index is 11.7. The number of nitriles is 1. The minimum Gasteiger partial charge on any atom is -0.545 e. The molecule has 0 spiro atoms. The molecule has 104 valence electrons. The lowest BCUT2D eigenvalue weighted by Gasteiger charge is -2.04. The summed E-state index contributed by atoms with van der Waals surface area (Å²) in [6, 6.07) is 7.60. The Labute approximate surface area is 117 Å². The largest absolute Gasteiger partial charge is 0.545 e. The maximum absolute atomic E-state index is 11.7. The van der Waals surface area contributed by atoms with Gasteiger partial charge in [0.15, 0.2) is 0 Å². The first kappa shape index (κ1) is 15.4. The van der Waals surface area contributed by atoms with E-state index >= 15 is 0 Å². The third-order valence-electron chi connectivity index (χ3n) is 2.64. The van der Waals surface area contributed by atoms with Gasteiger partial charge in [0.2, 0.25) is 0 Å². The van der Waals surface area contributed by atoms with E-state index in [1.807, 2.05) is 13.0 Å². The molecule has 0 fully saturated rings. The summed E-state index contributed by atoms with van der Waals surface area (Å²) in [5.74, 6) is -1.69. The number of hydrogen-bond acceptors (Lipinski definition) is 4. The van der Waals surface area contributed by atoms with E-state index in [1.165, 1.54) is 30.3 Å². The monoisotopic (exact) mass is 271 g/mol. The molecular formula is C15H15N2O3-. The number of nitrogens with zero attached hydrogens (tertiary/aromatic N) is 1. The zero-order chi connectivity index (χ0) is 15.0. The van der Waals surface area contributed by atoms with E-state index in [9.17, 15) is 14.7 Å². The number of benzene rings is 1. The zero-order valence-corrected chi connectivity index (χ0v) is 11.2. The third-order valence-corrected chi connectivity index (χ3v) is 2.64. The van der Waals surface area contributed by atoms with E-state index in [0.29, 0.717) is 12.1 Å². The molecule has 0 aliphatic carbocycles. The maximum Gasteiger partial charge on any atom is 0.261 e. The van der Waals surface area contributed by atoms with E-state index in [-0.39, 0.29) is 11.1 Å². The molecule has 0 unspecified atom stereocenters. The smallest absolute Gasteiger partial charge is 0.261 e. The van der Waals surface area contributed by atoms with Gasteiger partial charge >= 0.3 is 0 Å². The van der Waals surface area contributed by atoms with Gasteiger partial charge in [-0.25, -0.2) is 0 Å². The van der Waals surface area contributed by atoms with Crippen molar-refractivity contribution in [2.75, 3.05) is 6.54 Å². The van der Waals surface area contributed by atoms with Gasteiger partial charge in [0.25, 0.3) is 5.91 Å². The summed E-state index contributed by atoms with van der Waals surface area (Å²) in [6.45, 7) is 2.53. The molecule has 5 heteroatoms. The quantitative estimate of drug-likeness (QED) is 0.472. The number of rotatable bonds is 6. The van der Waals surface area contributed by atoms with Gasteiger partial charge in [-0.2, -0.15) is 5.26 Å². The molecule has 0 atom stereocenters. The van der Waals surface area contributed by atoms with Crippen molar-refractivity contribution in [3.8, 4) is 6.07 Å². The van der Waals surface area contributed by atoms with Gasteiger partial charge in [-0.1, -0.05) is 37.6 Å². The predicted molar refractivity (Wildman–Crippen MR) is 72.3 cm³/mol. The Bertz CT molecular complexity index is 553. The van der Waals surface area contributed by atoms with Crippen molar-refractivity contribution in [1.29, 1.82) is 5.26 Å². The van der Waals surface area contributed by atoms with Gasteiger partial charge in [-0.05, 0) is 23.6 Å². The van der Waals surface area contributed by atoms with Crippen molar-refractivity contribution in [1.82, 2.24) is 5.32 Å². The average molecular weight is 271 g/mol. The van der Waals surface area contributed by atoms with Gasteiger partial charge < -0.3 is 15.2 Å². The Balaban J connectivity index is 2.81. The highest BCUT2D eigenvalue weighted by atomic mass is 16.4. The van der Waals surface area contributed by atoms with E-state index < -0.39 is 11.9 Å². The van der Waals surface area contributed by atoms with Crippen molar-refractivity contribution >= 4 is 18.0 Å². The van der Waals surface area contributed by atoms with Crippen molar-refractivity contribution < 1.29 is 14.7 Å². The van der Waals surface area contributed by atoms with Crippen LogP contribution in [0.3, 0.4) is 0 Å². The lowest BCUT2D eigenvalue weighted by atomic mass is 10.1. The Morgan fingerprint density at radius 1 is 1.35 bits per heavy atom. The number of hydrogen-bond donors (Lipinski definition) is 1. The molecule has 1 aromatic rings. The van der Waals surface area contributed by atoms with Crippen molar-refractivity contribution in [2.45, 2.75) is 19.8 Å². The Morgan fingerprint density at radius 3 is 2.50 bits per heavy atom. The number of carboxylic acid groups (broad SMARTS) is 1. The molecule has 0 saturated heterocycles. The fourth-order valence-electron chi connectivity index (χ4n) is 1.50. The highest BCUT2D eigenvalue weighted by molar-refractivity contribution is 6.01. The molecule has 5 nitrogen and oxygen atoms in total. The standard InChI is InChI=1S/C15H16N2O3/c1-2-3-8-17-14(18)13(10-16)9-11-4-6-12(7-5-11)15(19)20/h4-7,9H,2-3,8H2,1H3,(H,17,18)(H,19,20)/p-1/b13-9+. The van der Waals surface area contributed by atoms with Gasteiger partial charge in [0, 0.05) is 6.54 Å². The fourth-order valence-corrected chi connectivity index (χ4v) is 1.50. The highest BCUT2D eigenvalue weighted by Crippen LogP contribution is 2.09. The molecule has 0 saturated carbocycles. The van der Waals surface area contributed by atoms with Crippen molar-refractivity contribution in [3.63, 3.8) is 0 Å². The summed E-state index contributed by atoms with van der Waals surface area (Å²) >= 11 is 0. The first-order chi connectivity index (χ1) is 9.58. The van der Waals surface area contributed by atoms with E-state index in [2.05, 4.69) is 5.32 Å². The molecule has 0 radical (unpaired) electrons.